The summed E-state index contributed by atoms with van der Waals surface area (Å²) in [5.74, 6) is 0.822. The molecule has 0 aliphatic carbocycles. The lowest BCUT2D eigenvalue weighted by Gasteiger charge is -2.50. The number of carbonyl (C=O) groups is 3. The highest BCUT2D eigenvalue weighted by molar-refractivity contribution is 14.1. The Morgan fingerprint density at radius 3 is 2.80 bits per heavy atom. The predicted molar refractivity (Wildman–Crippen MR) is 109 cm³/mol. The van der Waals surface area contributed by atoms with E-state index in [2.05, 4.69) is 19.2 Å². The normalized spacial score (nSPS) is 22.7. The minimum absolute atomic E-state index is 0.102. The van der Waals surface area contributed by atoms with Crippen LogP contribution in [-0.2, 0) is 20.8 Å². The van der Waals surface area contributed by atoms with Crippen LogP contribution in [0.5, 0.6) is 0 Å². The van der Waals surface area contributed by atoms with Crippen LogP contribution in [0.2, 0.25) is 0 Å². The van der Waals surface area contributed by atoms with Gasteiger partial charge in [-0.05, 0) is 29.4 Å². The lowest BCUT2D eigenvalue weighted by Crippen LogP contribution is -2.70. The average molecular weight is 490 g/mol. The molecule has 0 unspecified atom stereocenters. The van der Waals surface area contributed by atoms with Crippen LogP contribution in [0.15, 0.2) is 28.8 Å². The summed E-state index contributed by atoms with van der Waals surface area (Å²) in [6.07, 6.45) is 1.09. The minimum Gasteiger partial charge on any atom is -0.341 e. The van der Waals surface area contributed by atoms with Crippen LogP contribution in [-0.4, -0.2) is 37.7 Å². The van der Waals surface area contributed by atoms with Crippen molar-refractivity contribution in [2.24, 2.45) is 5.92 Å². The summed E-state index contributed by atoms with van der Waals surface area (Å²) in [4.78, 5) is 39.4. The van der Waals surface area contributed by atoms with Gasteiger partial charge in [-0.1, -0.05) is 19.9 Å². The van der Waals surface area contributed by atoms with Gasteiger partial charge in [0.15, 0.2) is 0 Å². The number of halogens is 1. The van der Waals surface area contributed by atoms with Crippen molar-refractivity contribution in [2.75, 3.05) is 5.75 Å². The van der Waals surface area contributed by atoms with Gasteiger partial charge in [0.05, 0.1) is 12.1 Å². The van der Waals surface area contributed by atoms with Crippen LogP contribution in [0.4, 0.5) is 0 Å². The molecule has 1 fully saturated rings. The highest BCUT2D eigenvalue weighted by Gasteiger charge is 2.53. The zero-order valence-electron chi connectivity index (χ0n) is 14.0. The van der Waals surface area contributed by atoms with Gasteiger partial charge in [-0.15, -0.1) is 23.1 Å². The number of β-lactam (4-membered cyclic amide) rings is 1. The van der Waals surface area contributed by atoms with E-state index in [4.69, 9.17) is 0 Å². The molecule has 1 aromatic rings. The van der Waals surface area contributed by atoms with Crippen molar-refractivity contribution in [1.29, 1.82) is 0 Å². The summed E-state index contributed by atoms with van der Waals surface area (Å²) in [5, 5.41) is 4.59. The van der Waals surface area contributed by atoms with E-state index in [0.29, 0.717) is 11.6 Å². The zero-order chi connectivity index (χ0) is 18.1. The second kappa shape index (κ2) is 7.79. The lowest BCUT2D eigenvalue weighted by molar-refractivity contribution is -0.146. The number of amides is 2. The third-order valence-electron chi connectivity index (χ3n) is 4.12. The molecule has 2 aliphatic rings. The van der Waals surface area contributed by atoms with Crippen LogP contribution >= 0.6 is 45.7 Å². The van der Waals surface area contributed by atoms with Crippen LogP contribution in [0.25, 0.3) is 0 Å². The fourth-order valence-electron chi connectivity index (χ4n) is 3.11. The molecule has 2 aliphatic heterocycles. The highest BCUT2D eigenvalue weighted by Crippen LogP contribution is 2.42. The molecule has 0 bridgehead atoms. The minimum atomic E-state index is -0.538. The Labute approximate surface area is 168 Å². The molecule has 0 aromatic carbocycles. The first kappa shape index (κ1) is 18.9. The summed E-state index contributed by atoms with van der Waals surface area (Å²) >= 11 is 4.90. The molecule has 134 valence electrons. The van der Waals surface area contributed by atoms with Gasteiger partial charge in [-0.2, -0.15) is 0 Å². The van der Waals surface area contributed by atoms with Crippen LogP contribution in [0.1, 0.15) is 25.1 Å². The highest BCUT2D eigenvalue weighted by atomic mass is 127. The van der Waals surface area contributed by atoms with Gasteiger partial charge >= 0.3 is 0 Å². The molecule has 3 rings (SSSR count). The van der Waals surface area contributed by atoms with E-state index in [1.54, 1.807) is 39.3 Å². The van der Waals surface area contributed by atoms with E-state index in [1.807, 2.05) is 17.5 Å². The summed E-state index contributed by atoms with van der Waals surface area (Å²) in [7, 11) is 0. The van der Waals surface area contributed by atoms with Gasteiger partial charge in [0.25, 0.3) is 5.91 Å². The fourth-order valence-corrected chi connectivity index (χ4v) is 5.81. The van der Waals surface area contributed by atoms with Crippen LogP contribution in [0.3, 0.4) is 0 Å². The van der Waals surface area contributed by atoms with Gasteiger partial charge in [-0.25, -0.2) is 0 Å². The predicted octanol–water partition coefficient (Wildman–Crippen LogP) is 2.95. The molecule has 1 saturated heterocycles. The SMILES string of the molecule is CC(C)CC1=C(C(=O)I)N2C(=O)[C@@H](NC(=O)Cc3cccs3)[C@H]2SC1. The Morgan fingerprint density at radius 2 is 2.20 bits per heavy atom. The van der Waals surface area contributed by atoms with Crippen molar-refractivity contribution in [3.05, 3.63) is 33.7 Å². The third-order valence-corrected chi connectivity index (χ3v) is 6.85. The summed E-state index contributed by atoms with van der Waals surface area (Å²) in [6, 6.07) is 3.27. The summed E-state index contributed by atoms with van der Waals surface area (Å²) in [6.45, 7) is 4.20. The Balaban J connectivity index is 1.71. The zero-order valence-corrected chi connectivity index (χ0v) is 17.7. The molecule has 2 amide bonds. The first-order chi connectivity index (χ1) is 11.9. The summed E-state index contributed by atoms with van der Waals surface area (Å²) in [5.41, 5.74) is 1.57. The van der Waals surface area contributed by atoms with Gasteiger partial charge < -0.3 is 5.32 Å². The van der Waals surface area contributed by atoms with E-state index >= 15 is 0 Å². The quantitative estimate of drug-likeness (QED) is 0.379. The van der Waals surface area contributed by atoms with E-state index < -0.39 is 6.04 Å². The Kier molecular flexibility index (Phi) is 5.89. The van der Waals surface area contributed by atoms with Crippen molar-refractivity contribution >= 4 is 61.3 Å². The maximum absolute atomic E-state index is 12.6. The number of thioether (sulfide) groups is 1. The fraction of sp³-hybridized carbons (Fsp3) is 0.471. The molecule has 1 N–H and O–H groups in total. The van der Waals surface area contributed by atoms with E-state index in [1.165, 1.54) is 11.3 Å². The number of hydrogen-bond donors (Lipinski definition) is 1. The Hall–Kier alpha value is -0.870. The van der Waals surface area contributed by atoms with E-state index in [-0.39, 0.29) is 27.4 Å². The van der Waals surface area contributed by atoms with E-state index in [9.17, 15) is 14.4 Å². The first-order valence-corrected chi connectivity index (χ1v) is 11.1. The number of thiophene rings is 1. The molecule has 5 nitrogen and oxygen atoms in total. The van der Waals surface area contributed by atoms with Gasteiger partial charge in [-0.3, -0.25) is 19.3 Å². The van der Waals surface area contributed by atoms with Gasteiger partial charge in [0, 0.05) is 33.2 Å². The molecule has 3 heterocycles. The van der Waals surface area contributed by atoms with E-state index in [0.717, 1.165) is 22.6 Å². The molecule has 25 heavy (non-hydrogen) atoms. The van der Waals surface area contributed by atoms with Crippen molar-refractivity contribution in [1.82, 2.24) is 10.2 Å². The third kappa shape index (κ3) is 3.95. The Bertz CT molecular complexity index is 730. The molecule has 2 atom stereocenters. The smallest absolute Gasteiger partial charge is 0.253 e. The number of rotatable bonds is 6. The number of nitrogens with one attached hydrogen (secondary N) is 1. The molecular weight excluding hydrogens is 471 g/mol. The molecule has 0 radical (unpaired) electrons. The number of nitrogens with zero attached hydrogens (tertiary/aromatic N) is 1. The topological polar surface area (TPSA) is 66.5 Å². The first-order valence-electron chi connectivity index (χ1n) is 8.06. The van der Waals surface area contributed by atoms with Crippen molar-refractivity contribution in [3.63, 3.8) is 0 Å². The summed E-state index contributed by atoms with van der Waals surface area (Å²) < 4.78 is -0.102. The molecular formula is C17H19IN2O3S2. The Morgan fingerprint density at radius 1 is 1.44 bits per heavy atom. The standard InChI is InChI=1S/C17H19IN2O3S2/c1-9(2)6-10-8-25-17-13(16(23)20(17)14(10)15(18)22)19-12(21)7-11-4-3-5-24-11/h3-5,9,13,17H,6-8H2,1-2H3,(H,19,21)/t13-,17-/m1/s1. The molecule has 1 aromatic heterocycles. The number of fused-ring (bicyclic) bond motifs is 1. The molecule has 0 saturated carbocycles. The monoisotopic (exact) mass is 490 g/mol. The largest absolute Gasteiger partial charge is 0.341 e. The van der Waals surface area contributed by atoms with Gasteiger partial charge in [0.1, 0.15) is 11.4 Å². The second-order valence-electron chi connectivity index (χ2n) is 6.53. The van der Waals surface area contributed by atoms with Crippen molar-refractivity contribution < 1.29 is 14.4 Å². The molecule has 8 heteroatoms. The van der Waals surface area contributed by atoms with Crippen LogP contribution in [0, 0.1) is 5.92 Å². The van der Waals surface area contributed by atoms with Crippen molar-refractivity contribution in [3.8, 4) is 0 Å². The van der Waals surface area contributed by atoms with Gasteiger partial charge in [0.2, 0.25) is 9.70 Å². The average Bonchev–Trinajstić information content (AvgIpc) is 3.04. The maximum atomic E-state index is 12.6. The van der Waals surface area contributed by atoms with Crippen molar-refractivity contribution in [2.45, 2.75) is 38.1 Å². The van der Waals surface area contributed by atoms with Crippen LogP contribution < -0.4 is 5.32 Å². The molecule has 0 spiro atoms. The maximum Gasteiger partial charge on any atom is 0.253 e. The lowest BCUT2D eigenvalue weighted by atomic mass is 9.98. The number of allylic oxidation sites excluding steroid dienone is 1. The number of hydrogen-bond acceptors (Lipinski definition) is 5. The second-order valence-corrected chi connectivity index (χ2v) is 9.65. The number of carbonyl (C=O) groups excluding carboxylic acids is 3.